The lowest BCUT2D eigenvalue weighted by molar-refractivity contribution is -0.289. The van der Waals surface area contributed by atoms with Crippen LogP contribution in [0.25, 0.3) is 11.0 Å². The predicted molar refractivity (Wildman–Crippen MR) is 85.9 cm³/mol. The Labute approximate surface area is 153 Å². The molecule has 0 aliphatic carbocycles. The van der Waals surface area contributed by atoms with Crippen LogP contribution in [0.15, 0.2) is 29.1 Å². The molecule has 150 valence electrons. The van der Waals surface area contributed by atoms with Gasteiger partial charge < -0.3 is 10.2 Å². The lowest BCUT2D eigenvalue weighted by atomic mass is 10.0. The number of benzene rings is 1. The number of H-pyrrole nitrogens is 1. The zero-order valence-electron chi connectivity index (χ0n) is 14.1. The van der Waals surface area contributed by atoms with Crippen LogP contribution in [0.2, 0.25) is 0 Å². The van der Waals surface area contributed by atoms with Crippen LogP contribution in [0.3, 0.4) is 0 Å². The summed E-state index contributed by atoms with van der Waals surface area (Å²) in [5.41, 5.74) is -1.79. The van der Waals surface area contributed by atoms with Gasteiger partial charge in [0.15, 0.2) is 5.65 Å². The van der Waals surface area contributed by atoms with Gasteiger partial charge in [-0.25, -0.2) is 4.68 Å². The van der Waals surface area contributed by atoms with Crippen molar-refractivity contribution >= 4 is 11.0 Å². The van der Waals surface area contributed by atoms with Crippen LogP contribution in [0.4, 0.5) is 22.0 Å². The Morgan fingerprint density at radius 3 is 2.32 bits per heavy atom. The summed E-state index contributed by atoms with van der Waals surface area (Å²) >= 11 is 0. The molecule has 0 bridgehead atoms. The fraction of sp³-hybridized carbons (Fsp3) is 0.312. The lowest BCUT2D eigenvalue weighted by Gasteiger charge is -2.21. The van der Waals surface area contributed by atoms with E-state index in [-0.39, 0.29) is 22.3 Å². The third kappa shape index (κ3) is 3.09. The van der Waals surface area contributed by atoms with Gasteiger partial charge in [-0.05, 0) is 12.5 Å². The van der Waals surface area contributed by atoms with E-state index in [1.165, 1.54) is 6.92 Å². The highest BCUT2D eigenvalue weighted by atomic mass is 19.4. The standard InChI is InChI=1S/C16H13F5N4O3/c1-7(8-2-4-9(5-3-8)15(17,18)16(19,20)21)25-12-11(10(6-26)24-25)13(27)23-14(28)22-12/h2-5,7,26H,6H2,1H3,(H2,22,23,27,28). The lowest BCUT2D eigenvalue weighted by Crippen LogP contribution is -2.33. The minimum absolute atomic E-state index is 0.0316. The molecule has 0 saturated heterocycles. The molecule has 0 spiro atoms. The first-order valence-corrected chi connectivity index (χ1v) is 7.83. The number of aliphatic hydroxyl groups is 1. The Morgan fingerprint density at radius 2 is 1.79 bits per heavy atom. The summed E-state index contributed by atoms with van der Waals surface area (Å²) in [4.78, 5) is 17.8. The second kappa shape index (κ2) is 6.55. The third-order valence-electron chi connectivity index (χ3n) is 4.25. The molecule has 12 heteroatoms. The fourth-order valence-electron chi connectivity index (χ4n) is 2.76. The van der Waals surface area contributed by atoms with Crippen LogP contribution in [0, 0.1) is 0 Å². The van der Waals surface area contributed by atoms with E-state index in [0.717, 1.165) is 16.8 Å². The van der Waals surface area contributed by atoms with E-state index >= 15 is 0 Å². The summed E-state index contributed by atoms with van der Waals surface area (Å²) in [5, 5.41) is 22.9. The molecule has 0 radical (unpaired) electrons. The summed E-state index contributed by atoms with van der Waals surface area (Å²) in [5.74, 6) is -5.00. The summed E-state index contributed by atoms with van der Waals surface area (Å²) in [6.07, 6.45) is -5.73. The van der Waals surface area contributed by atoms with Gasteiger partial charge in [-0.15, -0.1) is 0 Å². The number of fused-ring (bicyclic) bond motifs is 1. The molecule has 28 heavy (non-hydrogen) atoms. The fourth-order valence-corrected chi connectivity index (χ4v) is 2.76. The van der Waals surface area contributed by atoms with E-state index < -0.39 is 41.9 Å². The van der Waals surface area contributed by atoms with Crippen LogP contribution in [-0.2, 0) is 12.5 Å². The summed E-state index contributed by atoms with van der Waals surface area (Å²) < 4.78 is 65.4. The van der Waals surface area contributed by atoms with Crippen LogP contribution in [0.5, 0.6) is 6.01 Å². The zero-order chi connectivity index (χ0) is 20.9. The summed E-state index contributed by atoms with van der Waals surface area (Å²) in [6, 6.07) is 1.98. The first kappa shape index (κ1) is 19.7. The first-order valence-electron chi connectivity index (χ1n) is 7.83. The average Bonchev–Trinajstić information content (AvgIpc) is 2.99. The van der Waals surface area contributed by atoms with Gasteiger partial charge in [0.1, 0.15) is 11.1 Å². The van der Waals surface area contributed by atoms with E-state index in [0.29, 0.717) is 12.1 Å². The number of alkyl halides is 5. The Balaban J connectivity index is 2.06. The average molecular weight is 404 g/mol. The molecule has 7 nitrogen and oxygen atoms in total. The van der Waals surface area contributed by atoms with Crippen LogP contribution in [0.1, 0.15) is 29.8 Å². The number of hydrogen-bond donors (Lipinski definition) is 3. The molecule has 0 aliphatic rings. The van der Waals surface area contributed by atoms with Crippen molar-refractivity contribution in [1.82, 2.24) is 19.7 Å². The number of aromatic hydroxyl groups is 1. The van der Waals surface area contributed by atoms with Crippen LogP contribution >= 0.6 is 0 Å². The maximum absolute atomic E-state index is 13.4. The monoisotopic (exact) mass is 404 g/mol. The van der Waals surface area contributed by atoms with Crippen molar-refractivity contribution in [3.63, 3.8) is 0 Å². The molecular weight excluding hydrogens is 391 g/mol. The van der Waals surface area contributed by atoms with Crippen molar-refractivity contribution in [2.75, 3.05) is 0 Å². The number of aromatic nitrogens is 4. The van der Waals surface area contributed by atoms with Crippen LogP contribution < -0.4 is 5.56 Å². The molecule has 1 aromatic carbocycles. The van der Waals surface area contributed by atoms with Crippen molar-refractivity contribution < 1.29 is 32.2 Å². The zero-order valence-corrected chi connectivity index (χ0v) is 14.1. The Morgan fingerprint density at radius 1 is 1.18 bits per heavy atom. The van der Waals surface area contributed by atoms with Gasteiger partial charge in [-0.2, -0.15) is 32.0 Å². The van der Waals surface area contributed by atoms with Crippen molar-refractivity contribution in [3.8, 4) is 6.01 Å². The molecule has 1 atom stereocenters. The largest absolute Gasteiger partial charge is 0.480 e. The summed E-state index contributed by atoms with van der Waals surface area (Å²) in [6.45, 7) is 0.924. The Kier molecular flexibility index (Phi) is 4.61. The maximum atomic E-state index is 13.4. The van der Waals surface area contributed by atoms with E-state index in [2.05, 4.69) is 15.1 Å². The topological polar surface area (TPSA) is 104 Å². The number of halogens is 5. The third-order valence-corrected chi connectivity index (χ3v) is 4.25. The molecule has 2 heterocycles. The van der Waals surface area contributed by atoms with Gasteiger partial charge in [0.05, 0.1) is 12.6 Å². The highest BCUT2D eigenvalue weighted by Gasteiger charge is 2.58. The highest BCUT2D eigenvalue weighted by Crippen LogP contribution is 2.44. The second-order valence-electron chi connectivity index (χ2n) is 6.01. The molecule has 3 rings (SSSR count). The smallest absolute Gasteiger partial charge is 0.458 e. The highest BCUT2D eigenvalue weighted by molar-refractivity contribution is 5.77. The quantitative estimate of drug-likeness (QED) is 0.580. The molecule has 0 aliphatic heterocycles. The number of aliphatic hydroxyl groups excluding tert-OH is 1. The minimum Gasteiger partial charge on any atom is -0.480 e. The molecular formula is C16H13F5N4O3. The van der Waals surface area contributed by atoms with Crippen molar-refractivity contribution in [1.29, 1.82) is 0 Å². The molecule has 1 unspecified atom stereocenters. The first-order chi connectivity index (χ1) is 13.0. The number of nitrogens with one attached hydrogen (secondary N) is 1. The molecule has 3 N–H and O–H groups in total. The number of rotatable bonds is 4. The van der Waals surface area contributed by atoms with Gasteiger partial charge in [-0.1, -0.05) is 24.3 Å². The summed E-state index contributed by atoms with van der Waals surface area (Å²) in [7, 11) is 0. The molecule has 2 aromatic heterocycles. The van der Waals surface area contributed by atoms with Gasteiger partial charge in [0.2, 0.25) is 0 Å². The van der Waals surface area contributed by atoms with Gasteiger partial charge in [0.25, 0.3) is 11.6 Å². The predicted octanol–water partition coefficient (Wildman–Crippen LogP) is 2.58. The number of nitrogens with zero attached hydrogens (tertiary/aromatic N) is 3. The number of hydrogen-bond acceptors (Lipinski definition) is 5. The Hall–Kier alpha value is -3.02. The minimum atomic E-state index is -5.73. The molecule has 0 fully saturated rings. The van der Waals surface area contributed by atoms with E-state index in [1.54, 1.807) is 0 Å². The van der Waals surface area contributed by atoms with Crippen molar-refractivity contribution in [2.24, 2.45) is 0 Å². The van der Waals surface area contributed by atoms with E-state index in [4.69, 9.17) is 0 Å². The van der Waals surface area contributed by atoms with E-state index in [1.807, 2.05) is 0 Å². The SMILES string of the molecule is CC(c1ccc(C(F)(F)C(F)(F)F)cc1)n1nc(CO)c2c(=O)[nH]c(O)nc21. The molecule has 3 aromatic rings. The second-order valence-corrected chi connectivity index (χ2v) is 6.01. The van der Waals surface area contributed by atoms with Gasteiger partial charge in [-0.3, -0.25) is 9.78 Å². The van der Waals surface area contributed by atoms with Crippen LogP contribution in [-0.4, -0.2) is 36.1 Å². The van der Waals surface area contributed by atoms with Crippen molar-refractivity contribution in [3.05, 3.63) is 51.4 Å². The maximum Gasteiger partial charge on any atom is 0.458 e. The normalized spacial score (nSPS) is 13.8. The van der Waals surface area contributed by atoms with Crippen molar-refractivity contribution in [2.45, 2.75) is 31.7 Å². The molecule has 0 saturated carbocycles. The molecule has 0 amide bonds. The number of aromatic amines is 1. The van der Waals surface area contributed by atoms with E-state index in [9.17, 15) is 37.0 Å². The van der Waals surface area contributed by atoms with Gasteiger partial charge >= 0.3 is 12.1 Å². The van der Waals surface area contributed by atoms with Gasteiger partial charge in [0, 0.05) is 5.56 Å². The Bertz CT molecular complexity index is 1070.